The molecule has 2 radical (unpaired) electrons. The Morgan fingerprint density at radius 3 is 1.57 bits per heavy atom. The number of hydrogen-bond donors (Lipinski definition) is 1. The fourth-order valence-electron chi connectivity index (χ4n) is 0.898. The van der Waals surface area contributed by atoms with Crippen LogP contribution in [0.5, 0.6) is 5.75 Å². The van der Waals surface area contributed by atoms with Crippen molar-refractivity contribution in [3.05, 3.63) is 69.7 Å². The molecule has 0 aliphatic carbocycles. The van der Waals surface area contributed by atoms with Gasteiger partial charge in [0.25, 0.3) is 0 Å². The van der Waals surface area contributed by atoms with E-state index in [1.165, 1.54) is 12.1 Å². The SMILES string of the molecule is CC#CCOC(=O)c1ccccc1O.[C-]#[O+].[C-]#[O+].[C-]#[O+].[C-]#[O+].[C-]#[O+].[C-]#[O+].[Co+2].[Co+2]. The molecule has 0 aliphatic heterocycles. The van der Waals surface area contributed by atoms with Crippen LogP contribution in [-0.4, -0.2) is 17.7 Å². The molecule has 28 heavy (non-hydrogen) atoms. The summed E-state index contributed by atoms with van der Waals surface area (Å²) in [4.78, 5) is 11.3. The Kier molecular flexibility index (Phi) is 115. The summed E-state index contributed by atoms with van der Waals surface area (Å²) in [6, 6.07) is 6.22. The van der Waals surface area contributed by atoms with Crippen LogP contribution in [0, 0.1) is 51.7 Å². The second kappa shape index (κ2) is 64.4. The average molecular weight is 476 g/mol. The number of hydrogen-bond acceptors (Lipinski definition) is 3. The molecule has 0 saturated carbocycles. The van der Waals surface area contributed by atoms with Crippen molar-refractivity contribution in [1.29, 1.82) is 0 Å². The summed E-state index contributed by atoms with van der Waals surface area (Å²) in [5, 5.41) is 9.30. The number of ether oxygens (including phenoxy) is 1. The first-order valence-corrected chi connectivity index (χ1v) is 5.33. The molecule has 0 amide bonds. The predicted molar refractivity (Wildman–Crippen MR) is 75.4 cm³/mol. The molecule has 1 N–H and O–H groups in total. The van der Waals surface area contributed by atoms with Gasteiger partial charge in [-0.3, -0.25) is 0 Å². The number of phenolic OH excluding ortho intramolecular Hbond substituents is 1. The third kappa shape index (κ3) is 38.8. The van der Waals surface area contributed by atoms with E-state index in [2.05, 4.69) is 51.7 Å². The number of aromatic hydroxyl groups is 1. The van der Waals surface area contributed by atoms with Crippen molar-refractivity contribution in [2.24, 2.45) is 0 Å². The number of carbonyl (C=O) groups excluding carboxylic acids is 1. The second-order valence-electron chi connectivity index (χ2n) is 2.52. The van der Waals surface area contributed by atoms with Gasteiger partial charge in [0.15, 0.2) is 6.61 Å². The van der Waals surface area contributed by atoms with Crippen LogP contribution in [0.25, 0.3) is 0 Å². The summed E-state index contributed by atoms with van der Waals surface area (Å²) in [6.07, 6.45) is 0. The maximum atomic E-state index is 11.3. The third-order valence-electron chi connectivity index (χ3n) is 1.58. The van der Waals surface area contributed by atoms with Crippen molar-refractivity contribution in [1.82, 2.24) is 0 Å². The van der Waals surface area contributed by atoms with Gasteiger partial charge in [-0.1, -0.05) is 18.1 Å². The summed E-state index contributed by atoms with van der Waals surface area (Å²) in [5.74, 6) is 4.55. The zero-order valence-corrected chi connectivity index (χ0v) is 16.0. The van der Waals surface area contributed by atoms with Gasteiger partial charge < -0.3 is 9.84 Å². The van der Waals surface area contributed by atoms with Gasteiger partial charge in [-0.15, -0.1) is 5.92 Å². The Hall–Kier alpha value is -2.50. The molecule has 0 saturated heterocycles. The smallest absolute Gasteiger partial charge is 2.00 e. The molecule has 1 aromatic rings. The zero-order chi connectivity index (χ0) is 22.4. The van der Waals surface area contributed by atoms with E-state index in [-0.39, 0.29) is 51.5 Å². The van der Waals surface area contributed by atoms with Gasteiger partial charge in [0.1, 0.15) is 11.3 Å². The average Bonchev–Trinajstić information content (AvgIpc) is 2.77. The molecule has 1 rings (SSSR count). The van der Waals surface area contributed by atoms with Crippen molar-refractivity contribution in [2.45, 2.75) is 6.92 Å². The van der Waals surface area contributed by atoms with Gasteiger partial charge in [0, 0.05) is 0 Å². The number of phenols is 1. The topological polar surface area (TPSA) is 166 Å². The monoisotopic (exact) mass is 476 g/mol. The largest absolute Gasteiger partial charge is 2.00 e. The molecule has 0 fully saturated rings. The van der Waals surface area contributed by atoms with Crippen LogP contribution in [0.3, 0.4) is 0 Å². The predicted octanol–water partition coefficient (Wildman–Crippen LogP) is 1.34. The summed E-state index contributed by atoms with van der Waals surface area (Å²) in [7, 11) is 0. The quantitative estimate of drug-likeness (QED) is 0.295. The number of rotatable bonds is 2. The van der Waals surface area contributed by atoms with E-state index < -0.39 is 5.97 Å². The zero-order valence-electron chi connectivity index (χ0n) is 13.9. The van der Waals surface area contributed by atoms with E-state index in [0.29, 0.717) is 0 Å². The number of carbonyl (C=O) groups is 1. The van der Waals surface area contributed by atoms with Gasteiger partial charge in [-0.25, -0.2) is 4.79 Å². The molecule has 0 atom stereocenters. The summed E-state index contributed by atoms with van der Waals surface area (Å²) in [6.45, 7) is 28.7. The minimum absolute atomic E-state index is 0. The Bertz CT molecular complexity index is 586. The minimum Gasteiger partial charge on any atom is 2.00 e. The molecule has 0 spiro atoms. The van der Waals surface area contributed by atoms with Crippen LogP contribution >= 0.6 is 0 Å². The first-order chi connectivity index (χ1) is 12.8. The van der Waals surface area contributed by atoms with E-state index >= 15 is 0 Å². The van der Waals surface area contributed by atoms with E-state index in [4.69, 9.17) is 32.6 Å². The fourth-order valence-corrected chi connectivity index (χ4v) is 0.898. The maximum absolute atomic E-state index is 11.3. The van der Waals surface area contributed by atoms with Crippen LogP contribution < -0.4 is 0 Å². The van der Waals surface area contributed by atoms with Crippen LogP contribution in [0.4, 0.5) is 0 Å². The molecule has 11 heteroatoms. The molecule has 0 unspecified atom stereocenters. The Balaban J connectivity index is -0.0000000410. The van der Waals surface area contributed by atoms with Gasteiger partial charge in [-0.05, 0) is 19.1 Å². The van der Waals surface area contributed by atoms with Gasteiger partial charge in [-0.2, -0.15) is 0 Å². The Labute approximate surface area is 182 Å². The molecule has 0 heterocycles. The molecule has 0 aliphatic rings. The first kappa shape index (κ1) is 50.0. The normalized spacial score (nSPS) is 4.75. The van der Waals surface area contributed by atoms with E-state index in [9.17, 15) is 9.90 Å². The summed E-state index contributed by atoms with van der Waals surface area (Å²) < 4.78 is 49.8. The molecule has 146 valence electrons. The number of para-hydroxylation sites is 1. The van der Waals surface area contributed by atoms with Crippen molar-refractivity contribution in [2.75, 3.05) is 6.61 Å². The van der Waals surface area contributed by atoms with Gasteiger partial charge >= 0.3 is 107 Å². The van der Waals surface area contributed by atoms with Crippen LogP contribution in [0.15, 0.2) is 24.3 Å². The fraction of sp³-hybridized carbons (Fsp3) is 0.118. The van der Waals surface area contributed by atoms with E-state index in [1.807, 2.05) is 0 Å². The van der Waals surface area contributed by atoms with Gasteiger partial charge in [0.2, 0.25) is 0 Å². The minimum atomic E-state index is -0.564. The van der Waals surface area contributed by atoms with Crippen LogP contribution in [0.1, 0.15) is 17.3 Å². The summed E-state index contributed by atoms with van der Waals surface area (Å²) >= 11 is 0. The molecule has 1 aromatic carbocycles. The third-order valence-corrected chi connectivity index (χ3v) is 1.58. The maximum Gasteiger partial charge on any atom is 2.00 e. The second-order valence-corrected chi connectivity index (χ2v) is 2.52. The number of esters is 1. The van der Waals surface area contributed by atoms with Crippen molar-refractivity contribution in [3.8, 4) is 17.6 Å². The molecule has 0 aromatic heterocycles. The standard InChI is InChI=1S/C11H10O3.6CO.2Co/c1-2-3-8-14-11(13)9-6-4-5-7-10(9)12;6*1-2;;/h4-7,12H,8H2,1H3;;;;;;;;/q;;;;;;;2*+2. The van der Waals surface area contributed by atoms with Gasteiger partial charge in [0.05, 0.1) is 0 Å². The molecular weight excluding hydrogens is 466 g/mol. The molecular formula is C17H10Co2O9+4. The first-order valence-electron chi connectivity index (χ1n) is 5.33. The van der Waals surface area contributed by atoms with Crippen molar-refractivity contribution < 1.29 is 76.1 Å². The van der Waals surface area contributed by atoms with Crippen molar-refractivity contribution >= 4 is 5.97 Å². The Morgan fingerprint density at radius 2 is 1.25 bits per heavy atom. The Morgan fingerprint density at radius 1 is 0.893 bits per heavy atom. The van der Waals surface area contributed by atoms with E-state index in [1.54, 1.807) is 19.1 Å². The van der Waals surface area contributed by atoms with Crippen LogP contribution in [-0.2, 0) is 66.2 Å². The molecule has 9 nitrogen and oxygen atoms in total. The summed E-state index contributed by atoms with van der Waals surface area (Å²) in [5.41, 5.74) is 0.158. The molecule has 0 bridgehead atoms. The van der Waals surface area contributed by atoms with E-state index in [0.717, 1.165) is 0 Å². The van der Waals surface area contributed by atoms with Crippen LogP contribution in [0.2, 0.25) is 0 Å². The van der Waals surface area contributed by atoms with Crippen molar-refractivity contribution in [3.63, 3.8) is 0 Å². The number of benzene rings is 1.